The van der Waals surface area contributed by atoms with E-state index in [1.54, 1.807) is 0 Å². The minimum Gasteiger partial charge on any atom is -0.336 e. The van der Waals surface area contributed by atoms with E-state index in [0.29, 0.717) is 19.4 Å². The van der Waals surface area contributed by atoms with Crippen molar-refractivity contribution >= 4 is 50.5 Å². The summed E-state index contributed by atoms with van der Waals surface area (Å²) in [6.45, 7) is 1.32. The number of nitrogens with zero attached hydrogens (tertiary/aromatic N) is 2. The predicted molar refractivity (Wildman–Crippen MR) is 156 cm³/mol. The largest absolute Gasteiger partial charge is 0.336 e. The molecule has 1 aliphatic heterocycles. The van der Waals surface area contributed by atoms with Crippen LogP contribution >= 0.6 is 0 Å². The van der Waals surface area contributed by atoms with Gasteiger partial charge in [0.25, 0.3) is 0 Å². The molecule has 0 atom stereocenters. The van der Waals surface area contributed by atoms with Crippen LogP contribution in [-0.2, 0) is 9.59 Å². The summed E-state index contributed by atoms with van der Waals surface area (Å²) in [6.07, 6.45) is 1.46. The Hall–Kier alpha value is -3.59. The van der Waals surface area contributed by atoms with E-state index >= 15 is 0 Å². The van der Waals surface area contributed by atoms with Gasteiger partial charge in [-0.1, -0.05) is 121 Å². The number of hydrogen-bond acceptors (Lipinski definition) is 3. The van der Waals surface area contributed by atoms with Gasteiger partial charge in [-0.05, 0) is 33.7 Å². The molecule has 37 heavy (non-hydrogen) atoms. The zero-order valence-corrected chi connectivity index (χ0v) is 23.3. The number of benzene rings is 4. The third-order valence-corrected chi connectivity index (χ3v) is 14.8. The lowest BCUT2D eigenvalue weighted by atomic mass is 10.4. The molecule has 2 amide bonds. The second-order valence-electron chi connectivity index (χ2n) is 9.48. The highest BCUT2D eigenvalue weighted by atomic mass is 28.4. The molecule has 4 aromatic rings. The average Bonchev–Trinajstić information content (AvgIpc) is 3.28. The van der Waals surface area contributed by atoms with Gasteiger partial charge in [-0.25, -0.2) is 0 Å². The Morgan fingerprint density at radius 2 is 0.865 bits per heavy atom. The summed E-state index contributed by atoms with van der Waals surface area (Å²) in [7, 11) is -3.71. The van der Waals surface area contributed by atoms with Gasteiger partial charge in [0.1, 0.15) is 0 Å². The average molecular weight is 521 g/mol. The van der Waals surface area contributed by atoms with E-state index in [1.165, 1.54) is 25.6 Å². The molecule has 4 nitrogen and oxygen atoms in total. The molecular weight excluding hydrogens is 489 g/mol. The number of imide groups is 1. The van der Waals surface area contributed by atoms with Gasteiger partial charge in [-0.3, -0.25) is 14.5 Å². The van der Waals surface area contributed by atoms with Crippen LogP contribution in [0.2, 0.25) is 0 Å². The van der Waals surface area contributed by atoms with Gasteiger partial charge in [0.05, 0.1) is 0 Å². The summed E-state index contributed by atoms with van der Waals surface area (Å²) in [4.78, 5) is 26.1. The molecule has 186 valence electrons. The predicted octanol–water partition coefficient (Wildman–Crippen LogP) is 1.90. The molecule has 0 radical (unpaired) electrons. The van der Waals surface area contributed by atoms with Crippen LogP contribution in [0.5, 0.6) is 0 Å². The van der Waals surface area contributed by atoms with Crippen LogP contribution in [0.3, 0.4) is 0 Å². The SMILES string of the molecule is O=C1CCC(=O)N1CCCN([SiH](c1ccccc1)c1ccccc1)[SiH](c1ccccc1)c1ccccc1. The molecule has 1 heterocycles. The summed E-state index contributed by atoms with van der Waals surface area (Å²) in [5.74, 6) is -0.0623. The Bertz CT molecular complexity index is 1130. The number of carbonyl (C=O) groups is 2. The highest BCUT2D eigenvalue weighted by molar-refractivity contribution is 6.96. The molecule has 1 aliphatic rings. The van der Waals surface area contributed by atoms with Crippen molar-refractivity contribution in [3.63, 3.8) is 0 Å². The zero-order chi connectivity index (χ0) is 25.5. The van der Waals surface area contributed by atoms with Crippen molar-refractivity contribution in [2.45, 2.75) is 19.3 Å². The Kier molecular flexibility index (Phi) is 8.20. The van der Waals surface area contributed by atoms with E-state index in [9.17, 15) is 9.59 Å². The molecule has 1 fully saturated rings. The van der Waals surface area contributed by atoms with Crippen molar-refractivity contribution in [2.24, 2.45) is 0 Å². The summed E-state index contributed by atoms with van der Waals surface area (Å²) < 4.78 is 2.81. The third-order valence-electron chi connectivity index (χ3n) is 7.08. The molecule has 0 unspecified atom stereocenters. The molecule has 0 bridgehead atoms. The van der Waals surface area contributed by atoms with E-state index in [2.05, 4.69) is 126 Å². The first-order chi connectivity index (χ1) is 18.2. The van der Waals surface area contributed by atoms with Gasteiger partial charge < -0.3 is 4.23 Å². The molecule has 4 aromatic carbocycles. The van der Waals surface area contributed by atoms with Gasteiger partial charge in [0, 0.05) is 19.4 Å². The van der Waals surface area contributed by atoms with Gasteiger partial charge in [0.2, 0.25) is 11.8 Å². The normalized spacial score (nSPS) is 13.8. The quantitative estimate of drug-likeness (QED) is 0.237. The van der Waals surface area contributed by atoms with E-state index in [0.717, 1.165) is 13.0 Å². The van der Waals surface area contributed by atoms with Crippen molar-refractivity contribution in [3.8, 4) is 0 Å². The van der Waals surface area contributed by atoms with Crippen LogP contribution in [0.1, 0.15) is 19.3 Å². The maximum atomic E-state index is 12.3. The lowest BCUT2D eigenvalue weighted by Crippen LogP contribution is -2.68. The first-order valence-corrected chi connectivity index (χ1v) is 16.4. The molecule has 0 spiro atoms. The van der Waals surface area contributed by atoms with Crippen LogP contribution in [0.15, 0.2) is 121 Å². The molecule has 1 saturated heterocycles. The lowest BCUT2D eigenvalue weighted by molar-refractivity contribution is -0.138. The Morgan fingerprint density at radius 3 is 1.19 bits per heavy atom. The summed E-state index contributed by atoms with van der Waals surface area (Å²) in [5.41, 5.74) is 0. The van der Waals surface area contributed by atoms with Crippen LogP contribution < -0.4 is 20.7 Å². The minimum atomic E-state index is -1.85. The Balaban J connectivity index is 1.59. The van der Waals surface area contributed by atoms with Crippen LogP contribution in [-0.4, -0.2) is 52.0 Å². The maximum absolute atomic E-state index is 12.3. The van der Waals surface area contributed by atoms with Gasteiger partial charge in [0.15, 0.2) is 17.9 Å². The van der Waals surface area contributed by atoms with Crippen LogP contribution in [0.25, 0.3) is 0 Å². The fraction of sp³-hybridized carbons (Fsp3) is 0.161. The number of amides is 2. The number of likely N-dealkylation sites (tertiary alicyclic amines) is 1. The minimum absolute atomic E-state index is 0.0311. The Morgan fingerprint density at radius 1 is 0.541 bits per heavy atom. The van der Waals surface area contributed by atoms with Crippen molar-refractivity contribution in [1.82, 2.24) is 9.13 Å². The van der Waals surface area contributed by atoms with E-state index < -0.39 is 17.9 Å². The summed E-state index contributed by atoms with van der Waals surface area (Å²) >= 11 is 0. The first kappa shape index (κ1) is 25.1. The first-order valence-electron chi connectivity index (χ1n) is 13.0. The number of hydrogen-bond donors (Lipinski definition) is 0. The van der Waals surface area contributed by atoms with Crippen molar-refractivity contribution in [2.75, 3.05) is 13.1 Å². The molecular formula is C31H32N2O2Si2. The molecule has 0 aliphatic carbocycles. The molecule has 0 saturated carbocycles. The fourth-order valence-electron chi connectivity index (χ4n) is 5.38. The Labute approximate surface area is 222 Å². The highest BCUT2D eigenvalue weighted by Gasteiger charge is 2.34. The third kappa shape index (κ3) is 5.88. The van der Waals surface area contributed by atoms with Crippen LogP contribution in [0.4, 0.5) is 0 Å². The summed E-state index contributed by atoms with van der Waals surface area (Å²) in [5, 5.41) is 5.52. The molecule has 6 heteroatoms. The summed E-state index contributed by atoms with van der Waals surface area (Å²) in [6, 6.07) is 43.6. The molecule has 0 N–H and O–H groups in total. The molecule has 5 rings (SSSR count). The van der Waals surface area contributed by atoms with E-state index in [1.807, 2.05) is 0 Å². The highest BCUT2D eigenvalue weighted by Crippen LogP contribution is 2.13. The standard InChI is InChI=1S/C31H32N2O2Si2/c34-30-22-23-31(35)32(30)24-13-25-33(36(26-14-5-1-6-15-26)27-16-7-2-8-17-27)37(28-18-9-3-10-19-28)29-20-11-4-12-21-29/h1-12,14-21,36-37H,13,22-25H2. The maximum Gasteiger partial charge on any atom is 0.229 e. The van der Waals surface area contributed by atoms with Gasteiger partial charge in [-0.15, -0.1) is 0 Å². The van der Waals surface area contributed by atoms with E-state index in [4.69, 9.17) is 0 Å². The van der Waals surface area contributed by atoms with Crippen molar-refractivity contribution < 1.29 is 9.59 Å². The fourth-order valence-corrected chi connectivity index (χ4v) is 14.2. The van der Waals surface area contributed by atoms with Crippen LogP contribution in [0, 0.1) is 0 Å². The van der Waals surface area contributed by atoms with Crippen molar-refractivity contribution in [3.05, 3.63) is 121 Å². The van der Waals surface area contributed by atoms with Gasteiger partial charge >= 0.3 is 0 Å². The second-order valence-corrected chi connectivity index (χ2v) is 15.7. The van der Waals surface area contributed by atoms with Crippen molar-refractivity contribution in [1.29, 1.82) is 0 Å². The topological polar surface area (TPSA) is 40.6 Å². The van der Waals surface area contributed by atoms with Gasteiger partial charge in [-0.2, -0.15) is 0 Å². The number of carbonyl (C=O) groups excluding carboxylic acids is 2. The zero-order valence-electron chi connectivity index (χ0n) is 20.9. The monoisotopic (exact) mass is 520 g/mol. The lowest BCUT2D eigenvalue weighted by Gasteiger charge is -2.38. The molecule has 0 aromatic heterocycles. The second kappa shape index (κ2) is 12.1. The smallest absolute Gasteiger partial charge is 0.229 e. The van der Waals surface area contributed by atoms with E-state index in [-0.39, 0.29) is 11.8 Å². The number of rotatable bonds is 10.